The molecule has 1 amide bonds. The summed E-state index contributed by atoms with van der Waals surface area (Å²) in [5, 5.41) is 8.80. The van der Waals surface area contributed by atoms with Gasteiger partial charge in [0.05, 0.1) is 31.9 Å². The molecule has 5 nitrogen and oxygen atoms in total. The molecule has 1 aliphatic heterocycles. The third-order valence-corrected chi connectivity index (χ3v) is 2.18. The lowest BCUT2D eigenvalue weighted by Crippen LogP contribution is -2.56. The Bertz CT molecular complexity index is 243. The molecule has 1 saturated heterocycles. The van der Waals surface area contributed by atoms with E-state index in [1.54, 1.807) is 11.8 Å². The van der Waals surface area contributed by atoms with Crippen LogP contribution in [-0.2, 0) is 9.47 Å². The Morgan fingerprint density at radius 1 is 1.50 bits per heavy atom. The molecule has 0 aromatic heterocycles. The van der Waals surface area contributed by atoms with Crippen molar-refractivity contribution in [3.8, 4) is 0 Å². The first-order valence-corrected chi connectivity index (χ1v) is 5.56. The van der Waals surface area contributed by atoms with E-state index >= 15 is 0 Å². The van der Waals surface area contributed by atoms with Crippen LogP contribution < -0.4 is 0 Å². The van der Waals surface area contributed by atoms with Gasteiger partial charge in [0, 0.05) is 0 Å². The molecule has 1 heterocycles. The topological polar surface area (TPSA) is 59.0 Å². The number of carbonyl (C=O) groups excluding carboxylic acids is 1. The minimum Gasteiger partial charge on any atom is -0.444 e. The Hall–Kier alpha value is -0.810. The summed E-state index contributed by atoms with van der Waals surface area (Å²) in [4.78, 5) is 13.1. The summed E-state index contributed by atoms with van der Waals surface area (Å²) in [6.45, 7) is 8.41. The molecule has 5 heteroatoms. The van der Waals surface area contributed by atoms with E-state index in [1.165, 1.54) is 0 Å². The normalized spacial score (nSPS) is 19.2. The van der Waals surface area contributed by atoms with Gasteiger partial charge in [0.1, 0.15) is 5.60 Å². The summed E-state index contributed by atoms with van der Waals surface area (Å²) >= 11 is 0. The van der Waals surface area contributed by atoms with Crippen molar-refractivity contribution in [2.45, 2.75) is 45.5 Å². The maximum absolute atomic E-state index is 11.5. The highest BCUT2D eigenvalue weighted by atomic mass is 16.6. The van der Waals surface area contributed by atoms with Crippen molar-refractivity contribution in [1.82, 2.24) is 4.90 Å². The fraction of sp³-hybridized carbons (Fsp3) is 0.909. The van der Waals surface area contributed by atoms with Crippen molar-refractivity contribution < 1.29 is 19.4 Å². The molecule has 0 spiro atoms. The minimum absolute atomic E-state index is 0.00291. The van der Waals surface area contributed by atoms with Gasteiger partial charge in [-0.1, -0.05) is 0 Å². The summed E-state index contributed by atoms with van der Waals surface area (Å²) < 4.78 is 10.6. The molecule has 1 atom stereocenters. The third-order valence-electron chi connectivity index (χ3n) is 2.18. The van der Waals surface area contributed by atoms with Crippen LogP contribution >= 0.6 is 0 Å². The van der Waals surface area contributed by atoms with Gasteiger partial charge in [-0.3, -0.25) is 0 Å². The predicted molar refractivity (Wildman–Crippen MR) is 59.2 cm³/mol. The zero-order valence-corrected chi connectivity index (χ0v) is 10.4. The summed E-state index contributed by atoms with van der Waals surface area (Å²) in [6.07, 6.45) is -0.454. The molecular weight excluding hydrogens is 210 g/mol. The Morgan fingerprint density at radius 2 is 2.06 bits per heavy atom. The van der Waals surface area contributed by atoms with Crippen molar-refractivity contribution in [1.29, 1.82) is 0 Å². The first-order valence-electron chi connectivity index (χ1n) is 5.56. The number of ether oxygens (including phenoxy) is 2. The van der Waals surface area contributed by atoms with E-state index < -0.39 is 5.60 Å². The number of amides is 1. The van der Waals surface area contributed by atoms with Gasteiger partial charge in [-0.05, 0) is 27.7 Å². The van der Waals surface area contributed by atoms with Crippen LogP contribution in [0.25, 0.3) is 0 Å². The molecule has 1 aliphatic rings. The second-order valence-electron chi connectivity index (χ2n) is 5.14. The van der Waals surface area contributed by atoms with Gasteiger partial charge in [-0.25, -0.2) is 4.79 Å². The van der Waals surface area contributed by atoms with Crippen molar-refractivity contribution >= 4 is 6.09 Å². The molecule has 0 unspecified atom stereocenters. The van der Waals surface area contributed by atoms with E-state index in [2.05, 4.69) is 0 Å². The van der Waals surface area contributed by atoms with Crippen LogP contribution in [0.15, 0.2) is 0 Å². The molecule has 1 N–H and O–H groups in total. The first kappa shape index (κ1) is 13.3. The van der Waals surface area contributed by atoms with Gasteiger partial charge in [-0.2, -0.15) is 0 Å². The van der Waals surface area contributed by atoms with Crippen molar-refractivity contribution in [3.05, 3.63) is 0 Å². The number of nitrogens with zero attached hydrogens (tertiary/aromatic N) is 1. The zero-order valence-electron chi connectivity index (χ0n) is 10.4. The molecule has 0 aromatic carbocycles. The fourth-order valence-corrected chi connectivity index (χ4v) is 1.37. The largest absolute Gasteiger partial charge is 0.444 e. The van der Waals surface area contributed by atoms with Crippen molar-refractivity contribution in [2.75, 3.05) is 19.7 Å². The van der Waals surface area contributed by atoms with Gasteiger partial charge >= 0.3 is 6.09 Å². The lowest BCUT2D eigenvalue weighted by Gasteiger charge is -2.40. The Kier molecular flexibility index (Phi) is 4.15. The third kappa shape index (κ3) is 3.98. The van der Waals surface area contributed by atoms with E-state index in [4.69, 9.17) is 14.6 Å². The zero-order chi connectivity index (χ0) is 12.3. The number of rotatable bonds is 3. The highest BCUT2D eigenvalue weighted by Crippen LogP contribution is 2.17. The first-order chi connectivity index (χ1) is 7.31. The quantitative estimate of drug-likeness (QED) is 0.787. The van der Waals surface area contributed by atoms with Crippen molar-refractivity contribution in [2.24, 2.45) is 0 Å². The van der Waals surface area contributed by atoms with Crippen LogP contribution in [0.2, 0.25) is 0 Å². The standard InChI is InChI=1S/C11H21NO4/c1-8(7-13)15-9-5-12(6-9)10(14)16-11(2,3)4/h8-9,13H,5-7H2,1-4H3/t8-/m0/s1. The maximum Gasteiger partial charge on any atom is 0.410 e. The monoisotopic (exact) mass is 231 g/mol. The van der Waals surface area contributed by atoms with Crippen molar-refractivity contribution in [3.63, 3.8) is 0 Å². The molecular formula is C11H21NO4. The number of likely N-dealkylation sites (tertiary alicyclic amines) is 1. The highest BCUT2D eigenvalue weighted by molar-refractivity contribution is 5.69. The lowest BCUT2D eigenvalue weighted by molar-refractivity contribution is -0.0989. The van der Waals surface area contributed by atoms with Crippen LogP contribution in [0.1, 0.15) is 27.7 Å². The summed E-state index contributed by atoms with van der Waals surface area (Å²) in [7, 11) is 0. The molecule has 0 bridgehead atoms. The molecule has 0 aromatic rings. The van der Waals surface area contributed by atoms with E-state index in [0.717, 1.165) is 0 Å². The van der Waals surface area contributed by atoms with Crippen LogP contribution in [0.3, 0.4) is 0 Å². The molecule has 0 saturated carbocycles. The summed E-state index contributed by atoms with van der Waals surface area (Å²) in [6, 6.07) is 0. The van der Waals surface area contributed by atoms with Gasteiger partial charge in [0.25, 0.3) is 0 Å². The smallest absolute Gasteiger partial charge is 0.410 e. The van der Waals surface area contributed by atoms with Gasteiger partial charge in [-0.15, -0.1) is 0 Å². The number of aliphatic hydroxyl groups excluding tert-OH is 1. The van der Waals surface area contributed by atoms with Crippen LogP contribution in [-0.4, -0.2) is 53.6 Å². The molecule has 94 valence electrons. The molecule has 0 radical (unpaired) electrons. The average Bonchev–Trinajstić information content (AvgIpc) is 2.06. The molecule has 16 heavy (non-hydrogen) atoms. The number of hydrogen-bond acceptors (Lipinski definition) is 4. The van der Waals surface area contributed by atoms with E-state index in [-0.39, 0.29) is 24.9 Å². The minimum atomic E-state index is -0.457. The lowest BCUT2D eigenvalue weighted by atomic mass is 10.1. The SMILES string of the molecule is C[C@@H](CO)OC1CN(C(=O)OC(C)(C)C)C1. The number of hydrogen-bond donors (Lipinski definition) is 1. The van der Waals surface area contributed by atoms with Crippen LogP contribution in [0.4, 0.5) is 4.79 Å². The molecule has 0 aliphatic carbocycles. The predicted octanol–water partition coefficient (Wildman–Crippen LogP) is 1.00. The fourth-order valence-electron chi connectivity index (χ4n) is 1.37. The van der Waals surface area contributed by atoms with Crippen LogP contribution in [0, 0.1) is 0 Å². The van der Waals surface area contributed by atoms with Gasteiger partial charge in [0.2, 0.25) is 0 Å². The van der Waals surface area contributed by atoms with Gasteiger partial charge < -0.3 is 19.5 Å². The molecule has 1 rings (SSSR count). The van der Waals surface area contributed by atoms with Gasteiger partial charge in [0.15, 0.2) is 0 Å². The second-order valence-corrected chi connectivity index (χ2v) is 5.14. The van der Waals surface area contributed by atoms with E-state index in [1.807, 2.05) is 20.8 Å². The Balaban J connectivity index is 2.23. The number of aliphatic hydroxyl groups is 1. The molecule has 1 fully saturated rings. The average molecular weight is 231 g/mol. The van der Waals surface area contributed by atoms with Crippen LogP contribution in [0.5, 0.6) is 0 Å². The Labute approximate surface area is 96.3 Å². The number of carbonyl (C=O) groups is 1. The Morgan fingerprint density at radius 3 is 2.50 bits per heavy atom. The van der Waals surface area contributed by atoms with E-state index in [9.17, 15) is 4.79 Å². The summed E-state index contributed by atoms with van der Waals surface area (Å²) in [5.74, 6) is 0. The highest BCUT2D eigenvalue weighted by Gasteiger charge is 2.34. The second kappa shape index (κ2) is 5.01. The van der Waals surface area contributed by atoms with E-state index in [0.29, 0.717) is 13.1 Å². The summed E-state index contributed by atoms with van der Waals surface area (Å²) in [5.41, 5.74) is -0.457. The maximum atomic E-state index is 11.5.